The molecule has 0 aliphatic heterocycles. The number of nitrogens with one attached hydrogen (secondary N) is 2. The highest BCUT2D eigenvalue weighted by molar-refractivity contribution is 7.89. The molecule has 170 valence electrons. The molecule has 0 aromatic heterocycles. The van der Waals surface area contributed by atoms with Gasteiger partial charge in [0.05, 0.1) is 4.90 Å². The Balaban J connectivity index is 1.33. The lowest BCUT2D eigenvalue weighted by molar-refractivity contribution is 0.0932. The van der Waals surface area contributed by atoms with E-state index in [9.17, 15) is 18.0 Å². The Morgan fingerprint density at radius 3 is 2.18 bits per heavy atom. The van der Waals surface area contributed by atoms with Gasteiger partial charge >= 0.3 is 0 Å². The molecular weight excluding hydrogens is 436 g/mol. The van der Waals surface area contributed by atoms with E-state index in [1.165, 1.54) is 42.3 Å². The standard InChI is InChI=1S/C26H26N2O4S/c1-18(29)20-11-14-25(15-12-20)33(31,32)27-17-19-6-8-22(9-7-19)26(30)28-24-13-10-21-4-2-3-5-23(21)16-24/h2-9,11-12,14-15,24,27H,10,13,16-17H2,1H3,(H,28,30). The van der Waals surface area contributed by atoms with Gasteiger partial charge in [-0.1, -0.05) is 48.5 Å². The molecule has 0 heterocycles. The van der Waals surface area contributed by atoms with Crippen LogP contribution in [-0.4, -0.2) is 26.2 Å². The molecule has 0 bridgehead atoms. The molecule has 0 saturated carbocycles. The second kappa shape index (κ2) is 9.68. The van der Waals surface area contributed by atoms with E-state index in [1.807, 2.05) is 12.1 Å². The van der Waals surface area contributed by atoms with Gasteiger partial charge in [0.1, 0.15) is 0 Å². The number of sulfonamides is 1. The van der Waals surface area contributed by atoms with Crippen LogP contribution in [0.3, 0.4) is 0 Å². The fourth-order valence-electron chi connectivity index (χ4n) is 3.99. The molecule has 3 aromatic rings. The van der Waals surface area contributed by atoms with E-state index in [-0.39, 0.29) is 29.2 Å². The molecular formula is C26H26N2O4S. The van der Waals surface area contributed by atoms with E-state index >= 15 is 0 Å². The van der Waals surface area contributed by atoms with E-state index in [2.05, 4.69) is 22.2 Å². The summed E-state index contributed by atoms with van der Waals surface area (Å²) >= 11 is 0. The predicted octanol–water partition coefficient (Wildman–Crippen LogP) is 3.66. The SMILES string of the molecule is CC(=O)c1ccc(S(=O)(=O)NCc2ccc(C(=O)NC3CCc4ccccc4C3)cc2)cc1. The highest BCUT2D eigenvalue weighted by atomic mass is 32.2. The number of benzene rings is 3. The maximum absolute atomic E-state index is 12.7. The number of ketones is 1. The number of fused-ring (bicyclic) bond motifs is 1. The Morgan fingerprint density at radius 2 is 1.52 bits per heavy atom. The molecule has 0 fully saturated rings. The monoisotopic (exact) mass is 462 g/mol. The van der Waals surface area contributed by atoms with Crippen molar-refractivity contribution in [2.45, 2.75) is 43.7 Å². The van der Waals surface area contributed by atoms with Gasteiger partial charge in [0, 0.05) is 23.7 Å². The third-order valence-corrected chi connectivity index (χ3v) is 7.35. The number of rotatable bonds is 7. The molecule has 1 unspecified atom stereocenters. The minimum Gasteiger partial charge on any atom is -0.349 e. The van der Waals surface area contributed by atoms with Gasteiger partial charge in [0.15, 0.2) is 5.78 Å². The Bertz CT molecular complexity index is 1270. The van der Waals surface area contributed by atoms with Gasteiger partial charge < -0.3 is 5.32 Å². The van der Waals surface area contributed by atoms with Crippen molar-refractivity contribution in [1.82, 2.24) is 10.0 Å². The predicted molar refractivity (Wildman–Crippen MR) is 127 cm³/mol. The molecule has 1 amide bonds. The normalized spacial score (nSPS) is 15.5. The van der Waals surface area contributed by atoms with Crippen molar-refractivity contribution in [2.75, 3.05) is 0 Å². The van der Waals surface area contributed by atoms with Crippen LogP contribution in [0.15, 0.2) is 77.7 Å². The quantitative estimate of drug-likeness (QED) is 0.524. The fraction of sp³-hybridized carbons (Fsp3) is 0.231. The molecule has 0 radical (unpaired) electrons. The number of amides is 1. The largest absolute Gasteiger partial charge is 0.349 e. The summed E-state index contributed by atoms with van der Waals surface area (Å²) in [4.78, 5) is 24.1. The maximum Gasteiger partial charge on any atom is 0.251 e. The molecule has 0 saturated heterocycles. The third kappa shape index (κ3) is 5.56. The number of hydrogen-bond acceptors (Lipinski definition) is 4. The summed E-state index contributed by atoms with van der Waals surface area (Å²) in [6, 6.07) is 21.1. The lowest BCUT2D eigenvalue weighted by Gasteiger charge is -2.25. The number of aryl methyl sites for hydroxylation is 1. The van der Waals surface area contributed by atoms with E-state index in [1.54, 1.807) is 24.3 Å². The average molecular weight is 463 g/mol. The highest BCUT2D eigenvalue weighted by Crippen LogP contribution is 2.21. The Labute approximate surface area is 194 Å². The summed E-state index contributed by atoms with van der Waals surface area (Å²) in [5.74, 6) is -0.249. The van der Waals surface area contributed by atoms with E-state index in [0.717, 1.165) is 24.8 Å². The zero-order valence-corrected chi connectivity index (χ0v) is 19.2. The molecule has 2 N–H and O–H groups in total. The van der Waals surface area contributed by atoms with Gasteiger partial charge in [-0.15, -0.1) is 0 Å². The first-order valence-electron chi connectivity index (χ1n) is 10.9. The van der Waals surface area contributed by atoms with Crippen molar-refractivity contribution < 1.29 is 18.0 Å². The van der Waals surface area contributed by atoms with Crippen molar-refractivity contribution >= 4 is 21.7 Å². The summed E-state index contributed by atoms with van der Waals surface area (Å²) in [5, 5.41) is 3.11. The summed E-state index contributed by atoms with van der Waals surface area (Å²) in [5.41, 5.74) is 4.37. The van der Waals surface area contributed by atoms with Crippen LogP contribution in [0.25, 0.3) is 0 Å². The Kier molecular flexibility index (Phi) is 6.72. The van der Waals surface area contributed by atoms with Crippen LogP contribution < -0.4 is 10.0 Å². The van der Waals surface area contributed by atoms with Crippen molar-refractivity contribution in [3.05, 3.63) is 101 Å². The minimum atomic E-state index is -3.71. The Morgan fingerprint density at radius 1 is 0.879 bits per heavy atom. The second-order valence-electron chi connectivity index (χ2n) is 8.28. The van der Waals surface area contributed by atoms with Gasteiger partial charge in [-0.05, 0) is 67.1 Å². The van der Waals surface area contributed by atoms with Gasteiger partial charge in [0.25, 0.3) is 5.91 Å². The van der Waals surface area contributed by atoms with E-state index < -0.39 is 10.0 Å². The van der Waals surface area contributed by atoms with Gasteiger partial charge in [-0.2, -0.15) is 0 Å². The number of carbonyl (C=O) groups excluding carboxylic acids is 2. The molecule has 3 aromatic carbocycles. The lowest BCUT2D eigenvalue weighted by Crippen LogP contribution is -2.38. The summed E-state index contributed by atoms with van der Waals surface area (Å²) in [6.45, 7) is 1.53. The lowest BCUT2D eigenvalue weighted by atomic mass is 9.88. The van der Waals surface area contributed by atoms with Crippen molar-refractivity contribution in [3.8, 4) is 0 Å². The van der Waals surface area contributed by atoms with Crippen LogP contribution in [0.1, 0.15) is 50.8 Å². The first-order chi connectivity index (χ1) is 15.8. The second-order valence-corrected chi connectivity index (χ2v) is 10.1. The maximum atomic E-state index is 12.7. The molecule has 1 aliphatic carbocycles. The topological polar surface area (TPSA) is 92.3 Å². The number of carbonyl (C=O) groups is 2. The van der Waals surface area contributed by atoms with Crippen molar-refractivity contribution in [3.63, 3.8) is 0 Å². The van der Waals surface area contributed by atoms with Crippen LogP contribution in [0.2, 0.25) is 0 Å². The van der Waals surface area contributed by atoms with E-state index in [4.69, 9.17) is 0 Å². The van der Waals surface area contributed by atoms with Crippen LogP contribution in [0.5, 0.6) is 0 Å². The van der Waals surface area contributed by atoms with Crippen molar-refractivity contribution in [2.24, 2.45) is 0 Å². The Hall–Kier alpha value is -3.29. The molecule has 33 heavy (non-hydrogen) atoms. The van der Waals surface area contributed by atoms with Crippen LogP contribution >= 0.6 is 0 Å². The van der Waals surface area contributed by atoms with Gasteiger partial charge in [0.2, 0.25) is 10.0 Å². The van der Waals surface area contributed by atoms with E-state index in [0.29, 0.717) is 11.1 Å². The molecule has 4 rings (SSSR count). The highest BCUT2D eigenvalue weighted by Gasteiger charge is 2.20. The number of Topliss-reactive ketones (excluding diaryl/α,β-unsaturated/α-hetero) is 1. The molecule has 7 heteroatoms. The van der Waals surface area contributed by atoms with Crippen LogP contribution in [-0.2, 0) is 29.4 Å². The molecule has 1 aliphatic rings. The van der Waals surface area contributed by atoms with Gasteiger partial charge in [-0.3, -0.25) is 9.59 Å². The van der Waals surface area contributed by atoms with Crippen LogP contribution in [0.4, 0.5) is 0 Å². The fourth-order valence-corrected chi connectivity index (χ4v) is 5.01. The zero-order valence-electron chi connectivity index (χ0n) is 18.4. The first kappa shape index (κ1) is 22.9. The zero-order chi connectivity index (χ0) is 23.4. The van der Waals surface area contributed by atoms with Gasteiger partial charge in [-0.25, -0.2) is 13.1 Å². The first-order valence-corrected chi connectivity index (χ1v) is 12.4. The molecule has 1 atom stereocenters. The van der Waals surface area contributed by atoms with Crippen LogP contribution in [0, 0.1) is 0 Å². The number of hydrogen-bond donors (Lipinski definition) is 2. The molecule has 6 nitrogen and oxygen atoms in total. The minimum absolute atomic E-state index is 0.0950. The third-order valence-electron chi connectivity index (χ3n) is 5.94. The molecule has 0 spiro atoms. The summed E-state index contributed by atoms with van der Waals surface area (Å²) < 4.78 is 27.6. The van der Waals surface area contributed by atoms with Crippen molar-refractivity contribution in [1.29, 1.82) is 0 Å². The summed E-state index contributed by atoms with van der Waals surface area (Å²) in [6.07, 6.45) is 2.70. The smallest absolute Gasteiger partial charge is 0.251 e. The summed E-state index contributed by atoms with van der Waals surface area (Å²) in [7, 11) is -3.71. The average Bonchev–Trinajstić information content (AvgIpc) is 2.83.